The van der Waals surface area contributed by atoms with Crippen molar-refractivity contribution >= 4 is 40.0 Å². The van der Waals surface area contributed by atoms with E-state index in [1.54, 1.807) is 18.3 Å². The third-order valence-electron chi connectivity index (χ3n) is 16.9. The summed E-state index contributed by atoms with van der Waals surface area (Å²) >= 11 is 1.53. The highest BCUT2D eigenvalue weighted by Gasteiger charge is 2.55. The van der Waals surface area contributed by atoms with Crippen LogP contribution in [0.25, 0.3) is 33.4 Å². The highest BCUT2D eigenvalue weighted by molar-refractivity contribution is 7.10. The van der Waals surface area contributed by atoms with Gasteiger partial charge in [0, 0.05) is 108 Å². The Hall–Kier alpha value is -5.98. The molecule has 2 aliphatic carbocycles. The second kappa shape index (κ2) is 19.9. The number of benzene rings is 1. The molecule has 6 aromatic rings. The van der Waals surface area contributed by atoms with E-state index in [-0.39, 0.29) is 48.3 Å². The molecule has 5 fully saturated rings. The second-order valence-electron chi connectivity index (χ2n) is 22.5. The number of fused-ring (bicyclic) bond motifs is 6. The summed E-state index contributed by atoms with van der Waals surface area (Å²) in [5, 5.41) is 8.89. The molecule has 2 amide bonds. The molecule has 9 heterocycles. The standard InChI is InChI=1S/C57H67N11O5S/c1-33-47(43-16-22-59-32-61-43)48(33)53(69)63-50-52(65-24-17-36(18-25-65)35-14-20-58-21-15-35)54-62-45(30-74-54)37-10-13-46-41(26-37)42(27-57(3,4)31-73-56(71)44-9-7-23-67(64-44)55(50)70)51(40-8-6-19-60-49(40)34(2)72-5)68(46)39-28-66(29-39)38-11-12-38/h6,8,10,13-16,19-22,26,30,32-34,36,38-39,44,47-48,50,52,64H,7,9,11-12,17-18,23-25,27-29,31H2,1-5H3,(H,63,69)/t33-,34-,44-,47-,48+,50-,52-/m0/s1. The van der Waals surface area contributed by atoms with Gasteiger partial charge in [-0.3, -0.25) is 39.2 Å². The van der Waals surface area contributed by atoms with Gasteiger partial charge >= 0.3 is 5.97 Å². The molecule has 1 aromatic carbocycles. The van der Waals surface area contributed by atoms with Crippen LogP contribution in [0.5, 0.6) is 0 Å². The van der Waals surface area contributed by atoms with Gasteiger partial charge < -0.3 is 19.4 Å². The fourth-order valence-corrected chi connectivity index (χ4v) is 13.6. The molecule has 12 rings (SSSR count). The SMILES string of the molecule is CO[C@@H](C)c1ncccc1-c1c2c3cc(ccc3n1C1CN(C3CC3)C1)-c1csc(n1)[C@@H](N1CCC(c3ccncc3)CC1)[C@H](NC(=O)[C@@H]1[C@@H](C)[C@H]1c1ccncn1)C(=O)N1CCC[C@H](N1)C(=O)OCC(C)(C)C2. The number of hydrogen-bond donors (Lipinski definition) is 2. The fourth-order valence-electron chi connectivity index (χ4n) is 12.6. The number of carbonyl (C=O) groups excluding carboxylic acids is 3. The molecular formula is C57H67N11O5S. The maximum Gasteiger partial charge on any atom is 0.324 e. The summed E-state index contributed by atoms with van der Waals surface area (Å²) in [6, 6.07) is 15.5. The molecule has 17 heteroatoms. The number of methoxy groups -OCH3 is 1. The van der Waals surface area contributed by atoms with Crippen molar-refractivity contribution in [1.82, 2.24) is 55.0 Å². The van der Waals surface area contributed by atoms with Gasteiger partial charge in [-0.1, -0.05) is 26.8 Å². The quantitative estimate of drug-likeness (QED) is 0.127. The first kappa shape index (κ1) is 48.9. The summed E-state index contributed by atoms with van der Waals surface area (Å²) in [5.41, 5.74) is 12.0. The molecule has 5 aromatic heterocycles. The summed E-state index contributed by atoms with van der Waals surface area (Å²) in [7, 11) is 1.73. The molecule has 0 radical (unpaired) electrons. The first-order valence-corrected chi connectivity index (χ1v) is 27.6. The Morgan fingerprint density at radius 2 is 1.73 bits per heavy atom. The molecule has 0 unspecified atom stereocenters. The van der Waals surface area contributed by atoms with E-state index in [1.807, 2.05) is 30.7 Å². The van der Waals surface area contributed by atoms with Crippen molar-refractivity contribution < 1.29 is 23.9 Å². The number of esters is 1. The van der Waals surface area contributed by atoms with Crippen molar-refractivity contribution in [2.75, 3.05) is 46.4 Å². The molecule has 386 valence electrons. The van der Waals surface area contributed by atoms with Crippen molar-refractivity contribution in [1.29, 1.82) is 0 Å². The maximum absolute atomic E-state index is 15.6. The number of carbonyl (C=O) groups is 3. The molecule has 16 nitrogen and oxygen atoms in total. The van der Waals surface area contributed by atoms with Crippen LogP contribution < -0.4 is 10.7 Å². The summed E-state index contributed by atoms with van der Waals surface area (Å²) in [5.74, 6) is -1.06. The Kier molecular flexibility index (Phi) is 13.2. The van der Waals surface area contributed by atoms with Gasteiger partial charge in [-0.05, 0) is 130 Å². The molecule has 3 saturated heterocycles. The Bertz CT molecular complexity index is 3040. The number of hydrogen-bond acceptors (Lipinski definition) is 14. The Morgan fingerprint density at radius 3 is 2.49 bits per heavy atom. The Morgan fingerprint density at radius 1 is 0.932 bits per heavy atom. The zero-order valence-electron chi connectivity index (χ0n) is 43.0. The number of piperidine rings is 1. The molecule has 74 heavy (non-hydrogen) atoms. The van der Waals surface area contributed by atoms with Crippen molar-refractivity contribution in [3.8, 4) is 22.5 Å². The van der Waals surface area contributed by atoms with Crippen molar-refractivity contribution in [3.05, 3.63) is 113 Å². The van der Waals surface area contributed by atoms with Gasteiger partial charge in [-0.25, -0.2) is 20.4 Å². The monoisotopic (exact) mass is 1020 g/mol. The van der Waals surface area contributed by atoms with Crippen molar-refractivity contribution in [2.45, 2.75) is 121 Å². The number of hydrazine groups is 1. The predicted molar refractivity (Wildman–Crippen MR) is 282 cm³/mol. The number of cyclic esters (lactones) is 1. The van der Waals surface area contributed by atoms with E-state index in [2.05, 4.69) is 110 Å². The zero-order valence-corrected chi connectivity index (χ0v) is 43.8. The molecule has 2 N–H and O–H groups in total. The van der Waals surface area contributed by atoms with E-state index in [0.717, 1.165) is 75.7 Å². The molecule has 2 saturated carbocycles. The Balaban J connectivity index is 0.997. The van der Waals surface area contributed by atoms with E-state index < -0.39 is 29.5 Å². The van der Waals surface area contributed by atoms with Crippen LogP contribution in [0, 0.1) is 17.3 Å². The van der Waals surface area contributed by atoms with Crippen LogP contribution in [-0.4, -0.2) is 127 Å². The first-order chi connectivity index (χ1) is 35.9. The topological polar surface area (TPSA) is 173 Å². The average molecular weight is 1020 g/mol. The van der Waals surface area contributed by atoms with E-state index in [0.29, 0.717) is 50.9 Å². The van der Waals surface area contributed by atoms with Crippen LogP contribution >= 0.6 is 11.3 Å². The Labute approximate surface area is 436 Å². The van der Waals surface area contributed by atoms with Gasteiger partial charge in [-0.2, -0.15) is 0 Å². The van der Waals surface area contributed by atoms with Crippen LogP contribution in [0.1, 0.15) is 124 Å². The van der Waals surface area contributed by atoms with E-state index in [4.69, 9.17) is 19.4 Å². The number of rotatable bonds is 10. The lowest BCUT2D eigenvalue weighted by molar-refractivity contribution is -0.156. The number of nitrogens with one attached hydrogen (secondary N) is 2. The number of pyridine rings is 2. The van der Waals surface area contributed by atoms with Gasteiger partial charge in [0.1, 0.15) is 23.4 Å². The van der Waals surface area contributed by atoms with Crippen molar-refractivity contribution in [3.63, 3.8) is 0 Å². The number of amides is 2. The second-order valence-corrected chi connectivity index (χ2v) is 23.4. The fraction of sp³-hybridized carbons (Fsp3) is 0.509. The summed E-state index contributed by atoms with van der Waals surface area (Å²) in [6.45, 7) is 12.3. The molecule has 4 aliphatic heterocycles. The molecular weight excluding hydrogens is 951 g/mol. The minimum Gasteiger partial charge on any atom is -0.464 e. The number of likely N-dealkylation sites (tertiary alicyclic amines) is 2. The van der Waals surface area contributed by atoms with E-state index >= 15 is 4.79 Å². The van der Waals surface area contributed by atoms with Gasteiger partial charge in [-0.15, -0.1) is 11.3 Å². The number of thiazole rings is 1. The van der Waals surface area contributed by atoms with Gasteiger partial charge in [0.15, 0.2) is 0 Å². The highest BCUT2D eigenvalue weighted by atomic mass is 32.1. The van der Waals surface area contributed by atoms with Gasteiger partial charge in [0.25, 0.3) is 5.91 Å². The zero-order chi connectivity index (χ0) is 50.8. The lowest BCUT2D eigenvalue weighted by Gasteiger charge is -2.42. The number of ether oxygens (including phenoxy) is 2. The molecule has 7 atom stereocenters. The largest absolute Gasteiger partial charge is 0.464 e. The molecule has 0 spiro atoms. The minimum atomic E-state index is -1.04. The first-order valence-electron chi connectivity index (χ1n) is 26.7. The third kappa shape index (κ3) is 9.32. The lowest BCUT2D eigenvalue weighted by atomic mass is 9.84. The van der Waals surface area contributed by atoms with Gasteiger partial charge in [0.2, 0.25) is 5.91 Å². The van der Waals surface area contributed by atoms with Crippen molar-refractivity contribution in [2.24, 2.45) is 17.3 Å². The summed E-state index contributed by atoms with van der Waals surface area (Å²) < 4.78 is 14.9. The normalized spacial score (nSPS) is 26.5. The highest BCUT2D eigenvalue weighted by Crippen LogP contribution is 2.53. The van der Waals surface area contributed by atoms with E-state index in [1.165, 1.54) is 41.6 Å². The molecule has 6 bridgehead atoms. The van der Waals surface area contributed by atoms with Gasteiger partial charge in [0.05, 0.1) is 41.9 Å². The third-order valence-corrected chi connectivity index (χ3v) is 17.9. The summed E-state index contributed by atoms with van der Waals surface area (Å²) in [4.78, 5) is 73.1. The van der Waals surface area contributed by atoms with Crippen LogP contribution in [-0.2, 0) is 30.3 Å². The minimum absolute atomic E-state index is 0.0153. The van der Waals surface area contributed by atoms with E-state index in [9.17, 15) is 9.59 Å². The van der Waals surface area contributed by atoms with Crippen LogP contribution in [0.4, 0.5) is 0 Å². The summed E-state index contributed by atoms with van der Waals surface area (Å²) in [6.07, 6.45) is 14.4. The maximum atomic E-state index is 15.6. The number of aromatic nitrogens is 6. The average Bonchev–Trinajstić information content (AvgIpc) is 4.30. The van der Waals surface area contributed by atoms with Crippen LogP contribution in [0.2, 0.25) is 0 Å². The smallest absolute Gasteiger partial charge is 0.324 e. The number of nitrogens with zero attached hydrogens (tertiary/aromatic N) is 9. The predicted octanol–water partition coefficient (Wildman–Crippen LogP) is 7.81. The lowest BCUT2D eigenvalue weighted by Crippen LogP contribution is -2.63. The molecule has 6 aliphatic rings. The van der Waals surface area contributed by atoms with Crippen LogP contribution in [0.15, 0.2) is 85.0 Å². The van der Waals surface area contributed by atoms with Crippen LogP contribution in [0.3, 0.4) is 0 Å².